The van der Waals surface area contributed by atoms with Gasteiger partial charge in [0.15, 0.2) is 0 Å². The van der Waals surface area contributed by atoms with Gasteiger partial charge in [-0.1, -0.05) is 6.07 Å². The van der Waals surface area contributed by atoms with Crippen molar-refractivity contribution in [1.29, 1.82) is 0 Å². The highest BCUT2D eigenvalue weighted by molar-refractivity contribution is 5.34. The molecule has 0 saturated heterocycles. The molecule has 0 heterocycles. The molecule has 0 atom stereocenters. The Bertz CT molecular complexity index is 262. The van der Waals surface area contributed by atoms with Crippen molar-refractivity contribution in [2.24, 2.45) is 11.5 Å². The molecule has 0 aliphatic carbocycles. The third kappa shape index (κ3) is 3.01. The van der Waals surface area contributed by atoms with Crippen molar-refractivity contribution in [3.63, 3.8) is 0 Å². The van der Waals surface area contributed by atoms with Crippen LogP contribution < -0.4 is 16.2 Å². The average molecular weight is 194 g/mol. The van der Waals surface area contributed by atoms with Crippen LogP contribution >= 0.6 is 0 Å². The fourth-order valence-electron chi connectivity index (χ4n) is 1.47. The van der Waals surface area contributed by atoms with Gasteiger partial charge in [0.2, 0.25) is 0 Å². The minimum absolute atomic E-state index is 0.662. The highest BCUT2D eigenvalue weighted by atomic mass is 16.5. The first-order valence-corrected chi connectivity index (χ1v) is 4.87. The van der Waals surface area contributed by atoms with Crippen molar-refractivity contribution in [3.05, 3.63) is 29.3 Å². The predicted octanol–water partition coefficient (Wildman–Crippen LogP) is 0.698. The number of hydrogen-bond donors (Lipinski definition) is 2. The van der Waals surface area contributed by atoms with Gasteiger partial charge in [0.05, 0.1) is 7.11 Å². The molecule has 0 fully saturated rings. The van der Waals surface area contributed by atoms with Crippen molar-refractivity contribution in [1.82, 2.24) is 0 Å². The molecule has 0 aliphatic heterocycles. The molecule has 0 amide bonds. The monoisotopic (exact) mass is 194 g/mol. The minimum atomic E-state index is 0.662. The van der Waals surface area contributed by atoms with E-state index in [1.165, 1.54) is 11.1 Å². The van der Waals surface area contributed by atoms with Crippen molar-refractivity contribution in [2.75, 3.05) is 20.2 Å². The molecule has 0 radical (unpaired) electrons. The number of benzene rings is 1. The minimum Gasteiger partial charge on any atom is -0.497 e. The average Bonchev–Trinajstić information content (AvgIpc) is 2.18. The largest absolute Gasteiger partial charge is 0.497 e. The maximum Gasteiger partial charge on any atom is 0.119 e. The van der Waals surface area contributed by atoms with Crippen LogP contribution in [0.1, 0.15) is 11.1 Å². The maximum absolute atomic E-state index is 5.51. The van der Waals surface area contributed by atoms with Crippen LogP contribution in [-0.4, -0.2) is 20.2 Å². The highest BCUT2D eigenvalue weighted by Crippen LogP contribution is 2.17. The van der Waals surface area contributed by atoms with E-state index in [1.54, 1.807) is 7.11 Å². The van der Waals surface area contributed by atoms with Crippen LogP contribution in [0, 0.1) is 0 Å². The van der Waals surface area contributed by atoms with E-state index in [0.717, 1.165) is 18.6 Å². The number of ether oxygens (including phenoxy) is 1. The van der Waals surface area contributed by atoms with Crippen LogP contribution in [-0.2, 0) is 12.8 Å². The molecule has 1 rings (SSSR count). The Balaban J connectivity index is 2.88. The SMILES string of the molecule is COc1cc(CCN)cc(CCN)c1. The van der Waals surface area contributed by atoms with Crippen molar-refractivity contribution in [3.8, 4) is 5.75 Å². The molecule has 3 heteroatoms. The summed E-state index contributed by atoms with van der Waals surface area (Å²) in [5.41, 5.74) is 13.5. The molecule has 0 saturated carbocycles. The summed E-state index contributed by atoms with van der Waals surface area (Å²) < 4.78 is 5.21. The summed E-state index contributed by atoms with van der Waals surface area (Å²) in [6.45, 7) is 1.32. The molecule has 4 N–H and O–H groups in total. The van der Waals surface area contributed by atoms with Gasteiger partial charge in [-0.05, 0) is 49.2 Å². The Morgan fingerprint density at radius 2 is 1.50 bits per heavy atom. The summed E-state index contributed by atoms with van der Waals surface area (Å²) >= 11 is 0. The van der Waals surface area contributed by atoms with E-state index >= 15 is 0 Å². The normalized spacial score (nSPS) is 10.2. The van der Waals surface area contributed by atoms with E-state index in [-0.39, 0.29) is 0 Å². The molecule has 0 unspecified atom stereocenters. The van der Waals surface area contributed by atoms with Gasteiger partial charge in [-0.15, -0.1) is 0 Å². The van der Waals surface area contributed by atoms with Gasteiger partial charge < -0.3 is 16.2 Å². The predicted molar refractivity (Wildman–Crippen MR) is 58.5 cm³/mol. The Labute approximate surface area is 85.0 Å². The molecule has 3 nitrogen and oxygen atoms in total. The lowest BCUT2D eigenvalue weighted by molar-refractivity contribution is 0.413. The third-order valence-electron chi connectivity index (χ3n) is 2.13. The number of methoxy groups -OCH3 is 1. The smallest absolute Gasteiger partial charge is 0.119 e. The van der Waals surface area contributed by atoms with Crippen LogP contribution in [0.4, 0.5) is 0 Å². The van der Waals surface area contributed by atoms with Gasteiger partial charge in [-0.2, -0.15) is 0 Å². The first-order valence-electron chi connectivity index (χ1n) is 4.87. The Kier molecular flexibility index (Phi) is 4.43. The van der Waals surface area contributed by atoms with Gasteiger partial charge >= 0.3 is 0 Å². The lowest BCUT2D eigenvalue weighted by atomic mass is 10.1. The number of nitrogens with two attached hydrogens (primary N) is 2. The van der Waals surface area contributed by atoms with E-state index in [4.69, 9.17) is 16.2 Å². The van der Waals surface area contributed by atoms with E-state index < -0.39 is 0 Å². The van der Waals surface area contributed by atoms with Crippen LogP contribution in [0.25, 0.3) is 0 Å². The van der Waals surface area contributed by atoms with Crippen molar-refractivity contribution < 1.29 is 4.74 Å². The molecule has 0 spiro atoms. The molecule has 14 heavy (non-hydrogen) atoms. The molecule has 1 aromatic rings. The molecule has 1 aromatic carbocycles. The van der Waals surface area contributed by atoms with Gasteiger partial charge in [0.25, 0.3) is 0 Å². The molecule has 0 aromatic heterocycles. The topological polar surface area (TPSA) is 61.3 Å². The zero-order valence-electron chi connectivity index (χ0n) is 8.62. The second-order valence-electron chi connectivity index (χ2n) is 3.27. The highest BCUT2D eigenvalue weighted by Gasteiger charge is 2.00. The Morgan fingerprint density at radius 3 is 1.86 bits per heavy atom. The summed E-state index contributed by atoms with van der Waals surface area (Å²) in [6, 6.07) is 6.18. The van der Waals surface area contributed by atoms with E-state index in [1.807, 2.05) is 12.1 Å². The lowest BCUT2D eigenvalue weighted by Crippen LogP contribution is -2.06. The molecular weight excluding hydrogens is 176 g/mol. The number of rotatable bonds is 5. The zero-order chi connectivity index (χ0) is 10.4. The second-order valence-corrected chi connectivity index (χ2v) is 3.27. The first kappa shape index (κ1) is 11.0. The van der Waals surface area contributed by atoms with Gasteiger partial charge in [0, 0.05) is 0 Å². The fourth-order valence-corrected chi connectivity index (χ4v) is 1.47. The summed E-state index contributed by atoms with van der Waals surface area (Å²) in [7, 11) is 1.67. The van der Waals surface area contributed by atoms with Gasteiger partial charge in [-0.25, -0.2) is 0 Å². The van der Waals surface area contributed by atoms with Crippen LogP contribution in [0.2, 0.25) is 0 Å². The summed E-state index contributed by atoms with van der Waals surface area (Å²) in [5.74, 6) is 0.888. The summed E-state index contributed by atoms with van der Waals surface area (Å²) in [6.07, 6.45) is 1.77. The molecular formula is C11H18N2O. The standard InChI is InChI=1S/C11H18N2O/c1-14-11-7-9(2-4-12)6-10(8-11)3-5-13/h6-8H,2-5,12-13H2,1H3. The Hall–Kier alpha value is -1.06. The van der Waals surface area contributed by atoms with Gasteiger partial charge in [0.1, 0.15) is 5.75 Å². The second kappa shape index (κ2) is 5.62. The number of hydrogen-bond acceptors (Lipinski definition) is 3. The zero-order valence-corrected chi connectivity index (χ0v) is 8.62. The van der Waals surface area contributed by atoms with E-state index in [0.29, 0.717) is 13.1 Å². The van der Waals surface area contributed by atoms with E-state index in [9.17, 15) is 0 Å². The quantitative estimate of drug-likeness (QED) is 0.725. The molecule has 78 valence electrons. The molecule has 0 bridgehead atoms. The van der Waals surface area contributed by atoms with Gasteiger partial charge in [-0.3, -0.25) is 0 Å². The fraction of sp³-hybridized carbons (Fsp3) is 0.455. The van der Waals surface area contributed by atoms with Crippen molar-refractivity contribution >= 4 is 0 Å². The summed E-state index contributed by atoms with van der Waals surface area (Å²) in [5, 5.41) is 0. The third-order valence-corrected chi connectivity index (χ3v) is 2.13. The maximum atomic E-state index is 5.51. The van der Waals surface area contributed by atoms with Crippen molar-refractivity contribution in [2.45, 2.75) is 12.8 Å². The van der Waals surface area contributed by atoms with Crippen LogP contribution in [0.3, 0.4) is 0 Å². The van der Waals surface area contributed by atoms with E-state index in [2.05, 4.69) is 6.07 Å². The van der Waals surface area contributed by atoms with Crippen LogP contribution in [0.5, 0.6) is 5.75 Å². The lowest BCUT2D eigenvalue weighted by Gasteiger charge is -2.07. The first-order chi connectivity index (χ1) is 6.80. The summed E-state index contributed by atoms with van der Waals surface area (Å²) in [4.78, 5) is 0. The Morgan fingerprint density at radius 1 is 1.00 bits per heavy atom. The van der Waals surface area contributed by atoms with Crippen LogP contribution in [0.15, 0.2) is 18.2 Å². The molecule has 0 aliphatic rings.